The average molecular weight is 247 g/mol. The third-order valence-electron chi connectivity index (χ3n) is 2.80. The van der Waals surface area contributed by atoms with E-state index in [2.05, 4.69) is 0 Å². The van der Waals surface area contributed by atoms with E-state index in [0.717, 1.165) is 11.1 Å². The SMILES string of the molecule is CC(C)(C(=O)O)c1ccc(C=CCC(N)=O)cc1. The van der Waals surface area contributed by atoms with Gasteiger partial charge in [0.25, 0.3) is 0 Å². The molecule has 0 aliphatic heterocycles. The first-order chi connectivity index (χ1) is 8.34. The van der Waals surface area contributed by atoms with Gasteiger partial charge in [0, 0.05) is 6.42 Å². The third kappa shape index (κ3) is 3.45. The van der Waals surface area contributed by atoms with E-state index in [1.807, 2.05) is 12.1 Å². The van der Waals surface area contributed by atoms with Gasteiger partial charge in [-0.1, -0.05) is 36.4 Å². The summed E-state index contributed by atoms with van der Waals surface area (Å²) in [4.78, 5) is 21.6. The molecule has 0 saturated heterocycles. The molecular weight excluding hydrogens is 230 g/mol. The van der Waals surface area contributed by atoms with Gasteiger partial charge in [0.15, 0.2) is 0 Å². The maximum absolute atomic E-state index is 11.1. The Morgan fingerprint density at radius 3 is 2.28 bits per heavy atom. The predicted octanol–water partition coefficient (Wildman–Crippen LogP) is 1.94. The second-order valence-corrected chi connectivity index (χ2v) is 4.62. The van der Waals surface area contributed by atoms with E-state index >= 15 is 0 Å². The zero-order valence-corrected chi connectivity index (χ0v) is 10.5. The molecule has 0 radical (unpaired) electrons. The number of rotatable bonds is 5. The van der Waals surface area contributed by atoms with Crippen molar-refractivity contribution >= 4 is 18.0 Å². The number of hydrogen-bond acceptors (Lipinski definition) is 2. The predicted molar refractivity (Wildman–Crippen MR) is 69.9 cm³/mol. The van der Waals surface area contributed by atoms with E-state index in [9.17, 15) is 9.59 Å². The number of carboxylic acid groups (broad SMARTS) is 1. The Kier molecular flexibility index (Phi) is 4.26. The van der Waals surface area contributed by atoms with Crippen LogP contribution < -0.4 is 5.73 Å². The highest BCUT2D eigenvalue weighted by atomic mass is 16.4. The molecule has 0 spiro atoms. The van der Waals surface area contributed by atoms with Crippen molar-refractivity contribution in [2.45, 2.75) is 25.7 Å². The van der Waals surface area contributed by atoms with Gasteiger partial charge in [-0.25, -0.2) is 0 Å². The number of carboxylic acids is 1. The van der Waals surface area contributed by atoms with Crippen molar-refractivity contribution in [1.82, 2.24) is 0 Å². The van der Waals surface area contributed by atoms with E-state index in [0.29, 0.717) is 0 Å². The zero-order chi connectivity index (χ0) is 13.8. The molecule has 0 fully saturated rings. The van der Waals surface area contributed by atoms with E-state index in [1.165, 1.54) is 0 Å². The minimum atomic E-state index is -0.907. The maximum atomic E-state index is 11.1. The Balaban J connectivity index is 2.83. The maximum Gasteiger partial charge on any atom is 0.313 e. The summed E-state index contributed by atoms with van der Waals surface area (Å²) in [5, 5.41) is 9.10. The Bertz CT molecular complexity index is 472. The van der Waals surface area contributed by atoms with Crippen molar-refractivity contribution < 1.29 is 14.7 Å². The quantitative estimate of drug-likeness (QED) is 0.834. The van der Waals surface area contributed by atoms with Crippen molar-refractivity contribution in [1.29, 1.82) is 0 Å². The number of hydrogen-bond donors (Lipinski definition) is 2. The molecule has 4 heteroatoms. The molecule has 0 bridgehead atoms. The summed E-state index contributed by atoms with van der Waals surface area (Å²) in [5.41, 5.74) is 5.75. The molecule has 0 atom stereocenters. The molecule has 0 aromatic heterocycles. The first kappa shape index (κ1) is 14.0. The highest BCUT2D eigenvalue weighted by molar-refractivity contribution is 5.80. The Labute approximate surface area is 106 Å². The fourth-order valence-corrected chi connectivity index (χ4v) is 1.45. The van der Waals surface area contributed by atoms with Crippen LogP contribution in [-0.4, -0.2) is 17.0 Å². The second kappa shape index (κ2) is 5.49. The fraction of sp³-hybridized carbons (Fsp3) is 0.286. The number of carbonyl (C=O) groups is 2. The van der Waals surface area contributed by atoms with Gasteiger partial charge in [-0.05, 0) is 25.0 Å². The minimum absolute atomic E-state index is 0.197. The van der Waals surface area contributed by atoms with Crippen LogP contribution >= 0.6 is 0 Å². The van der Waals surface area contributed by atoms with Gasteiger partial charge >= 0.3 is 5.97 Å². The van der Waals surface area contributed by atoms with Crippen LogP contribution in [0.15, 0.2) is 30.3 Å². The highest BCUT2D eigenvalue weighted by Crippen LogP contribution is 2.23. The fourth-order valence-electron chi connectivity index (χ4n) is 1.45. The molecule has 1 aromatic carbocycles. The summed E-state index contributed by atoms with van der Waals surface area (Å²) < 4.78 is 0. The van der Waals surface area contributed by atoms with Crippen LogP contribution in [0.25, 0.3) is 6.08 Å². The van der Waals surface area contributed by atoms with E-state index in [4.69, 9.17) is 10.8 Å². The topological polar surface area (TPSA) is 80.4 Å². The average Bonchev–Trinajstić information content (AvgIpc) is 2.29. The van der Waals surface area contributed by atoms with Gasteiger partial charge in [0.2, 0.25) is 5.91 Å². The summed E-state index contributed by atoms with van der Waals surface area (Å²) in [5.74, 6) is -1.24. The summed E-state index contributed by atoms with van der Waals surface area (Å²) in [6, 6.07) is 7.19. The second-order valence-electron chi connectivity index (χ2n) is 4.62. The van der Waals surface area contributed by atoms with Crippen molar-refractivity contribution in [2.24, 2.45) is 5.73 Å². The van der Waals surface area contributed by atoms with Gasteiger partial charge in [-0.15, -0.1) is 0 Å². The number of aliphatic carboxylic acids is 1. The van der Waals surface area contributed by atoms with Gasteiger partial charge in [-0.3, -0.25) is 9.59 Å². The molecule has 0 saturated carbocycles. The molecule has 0 heterocycles. The number of carbonyl (C=O) groups excluding carboxylic acids is 1. The van der Waals surface area contributed by atoms with Crippen LogP contribution in [0.3, 0.4) is 0 Å². The lowest BCUT2D eigenvalue weighted by atomic mass is 9.84. The standard InChI is InChI=1S/C14H17NO3/c1-14(2,13(17)18)11-8-6-10(7-9-11)4-3-5-12(15)16/h3-4,6-9H,5H2,1-2H3,(H2,15,16)(H,17,18). The zero-order valence-electron chi connectivity index (χ0n) is 10.5. The largest absolute Gasteiger partial charge is 0.481 e. The monoisotopic (exact) mass is 247 g/mol. The number of nitrogens with two attached hydrogens (primary N) is 1. The first-order valence-electron chi connectivity index (χ1n) is 5.63. The Hall–Kier alpha value is -2.10. The molecule has 1 aromatic rings. The molecule has 0 aliphatic rings. The van der Waals surface area contributed by atoms with Crippen LogP contribution in [-0.2, 0) is 15.0 Å². The highest BCUT2D eigenvalue weighted by Gasteiger charge is 2.28. The van der Waals surface area contributed by atoms with Crippen molar-refractivity contribution in [3.8, 4) is 0 Å². The smallest absolute Gasteiger partial charge is 0.313 e. The van der Waals surface area contributed by atoms with Gasteiger partial charge < -0.3 is 10.8 Å². The van der Waals surface area contributed by atoms with E-state index < -0.39 is 11.4 Å². The molecular formula is C14H17NO3. The van der Waals surface area contributed by atoms with E-state index in [-0.39, 0.29) is 12.3 Å². The van der Waals surface area contributed by atoms with Crippen LogP contribution in [0.4, 0.5) is 0 Å². The third-order valence-corrected chi connectivity index (χ3v) is 2.80. The van der Waals surface area contributed by atoms with Gasteiger partial charge in [-0.2, -0.15) is 0 Å². The number of benzene rings is 1. The van der Waals surface area contributed by atoms with Gasteiger partial charge in [0.05, 0.1) is 5.41 Å². The Morgan fingerprint density at radius 2 is 1.83 bits per heavy atom. The lowest BCUT2D eigenvalue weighted by Crippen LogP contribution is -2.28. The minimum Gasteiger partial charge on any atom is -0.481 e. The summed E-state index contributed by atoms with van der Waals surface area (Å²) in [6.07, 6.45) is 3.66. The summed E-state index contributed by atoms with van der Waals surface area (Å²) in [7, 11) is 0. The molecule has 4 nitrogen and oxygen atoms in total. The van der Waals surface area contributed by atoms with E-state index in [1.54, 1.807) is 38.1 Å². The Morgan fingerprint density at radius 1 is 1.28 bits per heavy atom. The summed E-state index contributed by atoms with van der Waals surface area (Å²) in [6.45, 7) is 3.32. The molecule has 96 valence electrons. The molecule has 1 rings (SSSR count). The summed E-state index contributed by atoms with van der Waals surface area (Å²) >= 11 is 0. The lowest BCUT2D eigenvalue weighted by Gasteiger charge is -2.19. The molecule has 0 unspecified atom stereocenters. The van der Waals surface area contributed by atoms with Crippen molar-refractivity contribution in [3.05, 3.63) is 41.5 Å². The van der Waals surface area contributed by atoms with Crippen LogP contribution in [0, 0.1) is 0 Å². The van der Waals surface area contributed by atoms with Crippen LogP contribution in [0.2, 0.25) is 0 Å². The molecule has 18 heavy (non-hydrogen) atoms. The van der Waals surface area contributed by atoms with Crippen molar-refractivity contribution in [3.63, 3.8) is 0 Å². The number of primary amides is 1. The normalized spacial score (nSPS) is 11.7. The van der Waals surface area contributed by atoms with Crippen LogP contribution in [0.5, 0.6) is 0 Å². The van der Waals surface area contributed by atoms with Gasteiger partial charge in [0.1, 0.15) is 0 Å². The first-order valence-corrected chi connectivity index (χ1v) is 5.63. The number of amides is 1. The molecule has 1 amide bonds. The lowest BCUT2D eigenvalue weighted by molar-refractivity contribution is -0.142. The van der Waals surface area contributed by atoms with Crippen LogP contribution in [0.1, 0.15) is 31.4 Å². The van der Waals surface area contributed by atoms with Crippen molar-refractivity contribution in [2.75, 3.05) is 0 Å². The molecule has 3 N–H and O–H groups in total. The molecule has 0 aliphatic carbocycles.